The van der Waals surface area contributed by atoms with E-state index >= 15 is 0 Å². The maximum absolute atomic E-state index is 11.5. The Morgan fingerprint density at radius 2 is 2.07 bits per heavy atom. The molecular formula is C9H18N2O3S. The summed E-state index contributed by atoms with van der Waals surface area (Å²) in [5.41, 5.74) is 0. The van der Waals surface area contributed by atoms with Crippen molar-refractivity contribution in [2.45, 2.75) is 18.9 Å². The lowest BCUT2D eigenvalue weighted by Gasteiger charge is -2.16. The minimum absolute atomic E-state index is 0.0333. The van der Waals surface area contributed by atoms with Gasteiger partial charge in [0.2, 0.25) is 5.91 Å². The summed E-state index contributed by atoms with van der Waals surface area (Å²) < 4.78 is 21.6. The van der Waals surface area contributed by atoms with Crippen LogP contribution in [0.1, 0.15) is 12.8 Å². The van der Waals surface area contributed by atoms with Crippen molar-refractivity contribution in [2.24, 2.45) is 0 Å². The molecule has 0 aromatic carbocycles. The zero-order chi connectivity index (χ0) is 11.5. The molecule has 0 heterocycles. The molecule has 6 heteroatoms. The second-order valence-corrected chi connectivity index (χ2v) is 6.30. The van der Waals surface area contributed by atoms with Gasteiger partial charge in [-0.2, -0.15) is 0 Å². The van der Waals surface area contributed by atoms with Crippen LogP contribution in [0.3, 0.4) is 0 Å². The van der Waals surface area contributed by atoms with Crippen molar-refractivity contribution in [3.8, 4) is 0 Å². The first-order valence-electron chi connectivity index (χ1n) is 5.04. The van der Waals surface area contributed by atoms with Gasteiger partial charge >= 0.3 is 0 Å². The Bertz CT molecular complexity index is 322. The molecule has 15 heavy (non-hydrogen) atoms. The average Bonchev–Trinajstić information content (AvgIpc) is 2.92. The van der Waals surface area contributed by atoms with Crippen LogP contribution in [-0.2, 0) is 14.6 Å². The molecule has 0 spiro atoms. The molecular weight excluding hydrogens is 216 g/mol. The first kappa shape index (κ1) is 12.4. The summed E-state index contributed by atoms with van der Waals surface area (Å²) in [6, 6.07) is 0.411. The lowest BCUT2D eigenvalue weighted by Crippen LogP contribution is -2.38. The van der Waals surface area contributed by atoms with Crippen LogP contribution in [0.15, 0.2) is 0 Å². The van der Waals surface area contributed by atoms with E-state index in [0.29, 0.717) is 12.6 Å². The van der Waals surface area contributed by atoms with Crippen LogP contribution in [-0.4, -0.2) is 57.4 Å². The third-order valence-corrected chi connectivity index (χ3v) is 3.36. The van der Waals surface area contributed by atoms with Crippen molar-refractivity contribution < 1.29 is 13.2 Å². The van der Waals surface area contributed by atoms with Gasteiger partial charge in [-0.3, -0.25) is 4.79 Å². The Kier molecular flexibility index (Phi) is 4.10. The van der Waals surface area contributed by atoms with Crippen LogP contribution in [0, 0.1) is 0 Å². The average molecular weight is 234 g/mol. The molecule has 0 saturated heterocycles. The van der Waals surface area contributed by atoms with Crippen molar-refractivity contribution >= 4 is 15.7 Å². The van der Waals surface area contributed by atoms with Crippen LogP contribution in [0.4, 0.5) is 0 Å². The van der Waals surface area contributed by atoms with Crippen molar-refractivity contribution in [1.82, 2.24) is 10.2 Å². The minimum Gasteiger partial charge on any atom is -0.342 e. The van der Waals surface area contributed by atoms with E-state index < -0.39 is 9.84 Å². The molecule has 0 radical (unpaired) electrons. The molecule has 0 bridgehead atoms. The van der Waals surface area contributed by atoms with Gasteiger partial charge in [-0.25, -0.2) is 8.42 Å². The second kappa shape index (κ2) is 4.94. The first-order chi connectivity index (χ1) is 6.90. The zero-order valence-electron chi connectivity index (χ0n) is 9.19. The van der Waals surface area contributed by atoms with Gasteiger partial charge in [0.1, 0.15) is 9.84 Å². The number of rotatable bonds is 6. The van der Waals surface area contributed by atoms with Gasteiger partial charge in [0.15, 0.2) is 0 Å². The summed E-state index contributed by atoms with van der Waals surface area (Å²) in [5.74, 6) is 0.110. The van der Waals surface area contributed by atoms with Crippen LogP contribution in [0.25, 0.3) is 0 Å². The van der Waals surface area contributed by atoms with Crippen molar-refractivity contribution in [3.05, 3.63) is 0 Å². The summed E-state index contributed by atoms with van der Waals surface area (Å²) in [6.45, 7) is 0.561. The highest BCUT2D eigenvalue weighted by atomic mass is 32.2. The van der Waals surface area contributed by atoms with E-state index in [1.54, 1.807) is 11.9 Å². The second-order valence-electron chi connectivity index (χ2n) is 4.04. The predicted octanol–water partition coefficient (Wildman–Crippen LogP) is -0.759. The molecule has 1 fully saturated rings. The molecule has 1 aliphatic carbocycles. The van der Waals surface area contributed by atoms with Crippen molar-refractivity contribution in [1.29, 1.82) is 0 Å². The largest absolute Gasteiger partial charge is 0.342 e. The Morgan fingerprint density at radius 1 is 1.47 bits per heavy atom. The molecule has 1 amide bonds. The third-order valence-electron chi connectivity index (χ3n) is 2.41. The van der Waals surface area contributed by atoms with E-state index in [0.717, 1.165) is 12.8 Å². The van der Waals surface area contributed by atoms with E-state index in [4.69, 9.17) is 0 Å². The number of hydrogen-bond acceptors (Lipinski definition) is 4. The molecule has 0 atom stereocenters. The number of likely N-dealkylation sites (N-methyl/N-ethyl adjacent to an activating group) is 1. The van der Waals surface area contributed by atoms with Gasteiger partial charge in [0.25, 0.3) is 0 Å². The molecule has 5 nitrogen and oxygen atoms in total. The highest BCUT2D eigenvalue weighted by Gasteiger charge is 2.28. The van der Waals surface area contributed by atoms with E-state index in [1.165, 1.54) is 6.26 Å². The maximum atomic E-state index is 11.5. The van der Waals surface area contributed by atoms with E-state index in [1.807, 2.05) is 0 Å². The molecule has 1 rings (SSSR count). The summed E-state index contributed by atoms with van der Waals surface area (Å²) >= 11 is 0. The maximum Gasteiger partial charge on any atom is 0.236 e. The Balaban J connectivity index is 2.11. The molecule has 0 aromatic rings. The molecule has 1 N–H and O–H groups in total. The normalized spacial score (nSPS) is 16.4. The van der Waals surface area contributed by atoms with Crippen LogP contribution in [0.2, 0.25) is 0 Å². The van der Waals surface area contributed by atoms with E-state index in [-0.39, 0.29) is 18.2 Å². The molecule has 0 aliphatic heterocycles. The lowest BCUT2D eigenvalue weighted by molar-refractivity contribution is -0.129. The quantitative estimate of drug-likeness (QED) is 0.614. The monoisotopic (exact) mass is 234 g/mol. The van der Waals surface area contributed by atoms with Gasteiger partial charge in [-0.05, 0) is 12.8 Å². The van der Waals surface area contributed by atoms with Gasteiger partial charge in [0.05, 0.1) is 12.3 Å². The fourth-order valence-corrected chi connectivity index (χ4v) is 1.76. The number of carbonyl (C=O) groups is 1. The fourth-order valence-electron chi connectivity index (χ4n) is 1.24. The standard InChI is InChI=1S/C9H18N2O3S/c1-11(8-3-4-8)9(12)7-10-5-6-15(2,13)14/h8,10H,3-7H2,1-2H3. The van der Waals surface area contributed by atoms with Gasteiger partial charge in [0, 0.05) is 25.9 Å². The summed E-state index contributed by atoms with van der Waals surface area (Å²) in [4.78, 5) is 13.2. The highest BCUT2D eigenvalue weighted by Crippen LogP contribution is 2.24. The fraction of sp³-hybridized carbons (Fsp3) is 0.889. The summed E-state index contributed by atoms with van der Waals surface area (Å²) in [7, 11) is -1.14. The highest BCUT2D eigenvalue weighted by molar-refractivity contribution is 7.90. The number of amides is 1. The minimum atomic E-state index is -2.93. The third kappa shape index (κ3) is 5.13. The van der Waals surface area contributed by atoms with Crippen LogP contribution in [0.5, 0.6) is 0 Å². The van der Waals surface area contributed by atoms with Crippen molar-refractivity contribution in [3.63, 3.8) is 0 Å². The lowest BCUT2D eigenvalue weighted by atomic mass is 10.4. The number of nitrogens with one attached hydrogen (secondary N) is 1. The number of hydrogen-bond donors (Lipinski definition) is 1. The Morgan fingerprint density at radius 3 is 2.53 bits per heavy atom. The molecule has 0 unspecified atom stereocenters. The van der Waals surface area contributed by atoms with Crippen LogP contribution < -0.4 is 5.32 Å². The first-order valence-corrected chi connectivity index (χ1v) is 7.10. The number of sulfone groups is 1. The molecule has 88 valence electrons. The molecule has 1 aliphatic rings. The smallest absolute Gasteiger partial charge is 0.236 e. The zero-order valence-corrected chi connectivity index (χ0v) is 10.0. The number of carbonyl (C=O) groups excluding carboxylic acids is 1. The Labute approximate surface area is 90.7 Å². The predicted molar refractivity (Wildman–Crippen MR) is 58.4 cm³/mol. The van der Waals surface area contributed by atoms with Crippen LogP contribution >= 0.6 is 0 Å². The SMILES string of the molecule is CN(C(=O)CNCCS(C)(=O)=O)C1CC1. The van der Waals surface area contributed by atoms with E-state index in [9.17, 15) is 13.2 Å². The topological polar surface area (TPSA) is 66.5 Å². The van der Waals surface area contributed by atoms with Gasteiger partial charge in [-0.1, -0.05) is 0 Å². The van der Waals surface area contributed by atoms with Crippen molar-refractivity contribution in [2.75, 3.05) is 32.1 Å². The molecule has 0 aromatic heterocycles. The van der Waals surface area contributed by atoms with E-state index in [2.05, 4.69) is 5.32 Å². The summed E-state index contributed by atoms with van der Waals surface area (Å²) in [6.07, 6.45) is 3.37. The van der Waals surface area contributed by atoms with Gasteiger partial charge < -0.3 is 10.2 Å². The molecule has 1 saturated carbocycles. The van der Waals surface area contributed by atoms with Gasteiger partial charge in [-0.15, -0.1) is 0 Å². The Hall–Kier alpha value is -0.620. The summed E-state index contributed by atoms with van der Waals surface area (Å²) in [5, 5.41) is 2.83. The number of nitrogens with zero attached hydrogens (tertiary/aromatic N) is 1.